The molecule has 5 heteroatoms. The smallest absolute Gasteiger partial charge is 0.297 e. The highest BCUT2D eigenvalue weighted by atomic mass is 16.5. The molecule has 0 aliphatic rings. The number of aromatic nitrogens is 1. The standard InChI is InChI=1S/C26H36N2O3/c1-6-8-15-28-23-18-21(27)12-13-22(23)24(25(26(28)29)30-16-7-2)31-17-14-20(5)11-9-10-19(3)4/h7,10,12-14,18H,2,6,8-9,11,15-17,27H2,1,3-5H3/b20-14+. The number of hydrogen-bond acceptors (Lipinski definition) is 4. The first-order chi connectivity index (χ1) is 14.9. The van der Waals surface area contributed by atoms with E-state index in [1.807, 2.05) is 18.2 Å². The minimum Gasteiger partial charge on any atom is -0.485 e. The van der Waals surface area contributed by atoms with Gasteiger partial charge in [0.05, 0.1) is 5.52 Å². The van der Waals surface area contributed by atoms with Crippen molar-refractivity contribution in [2.45, 2.75) is 59.9 Å². The van der Waals surface area contributed by atoms with Gasteiger partial charge in [0, 0.05) is 17.6 Å². The predicted octanol–water partition coefficient (Wildman–Crippen LogP) is 6.02. The number of nitrogen functional groups attached to an aromatic ring is 1. The molecule has 2 N–H and O–H groups in total. The highest BCUT2D eigenvalue weighted by Crippen LogP contribution is 2.34. The fourth-order valence-electron chi connectivity index (χ4n) is 3.32. The molecule has 0 aliphatic heterocycles. The van der Waals surface area contributed by atoms with Crippen molar-refractivity contribution in [3.05, 3.63) is 64.5 Å². The van der Waals surface area contributed by atoms with E-state index in [2.05, 4.69) is 46.4 Å². The number of nitrogens with two attached hydrogens (primary N) is 1. The molecule has 0 amide bonds. The van der Waals surface area contributed by atoms with Crippen LogP contribution >= 0.6 is 0 Å². The lowest BCUT2D eigenvalue weighted by atomic mass is 10.1. The summed E-state index contributed by atoms with van der Waals surface area (Å²) in [6.07, 6.45) is 9.76. The maximum Gasteiger partial charge on any atom is 0.297 e. The Bertz CT molecular complexity index is 1010. The molecular weight excluding hydrogens is 388 g/mol. The molecule has 168 valence electrons. The highest BCUT2D eigenvalue weighted by Gasteiger charge is 2.19. The fraction of sp³-hybridized carbons (Fsp3) is 0.423. The summed E-state index contributed by atoms with van der Waals surface area (Å²) in [6.45, 7) is 13.3. The fourth-order valence-corrected chi connectivity index (χ4v) is 3.32. The third kappa shape index (κ3) is 6.78. The van der Waals surface area contributed by atoms with Crippen LogP contribution in [-0.4, -0.2) is 17.8 Å². The maximum absolute atomic E-state index is 13.3. The van der Waals surface area contributed by atoms with Crippen LogP contribution in [0.5, 0.6) is 11.5 Å². The molecular formula is C26H36N2O3. The van der Waals surface area contributed by atoms with Crippen molar-refractivity contribution in [2.75, 3.05) is 18.9 Å². The number of benzene rings is 1. The van der Waals surface area contributed by atoms with Crippen LogP contribution in [0.25, 0.3) is 10.9 Å². The van der Waals surface area contributed by atoms with Gasteiger partial charge in [-0.25, -0.2) is 0 Å². The molecule has 0 unspecified atom stereocenters. The van der Waals surface area contributed by atoms with Crippen LogP contribution in [0.3, 0.4) is 0 Å². The molecule has 0 radical (unpaired) electrons. The van der Waals surface area contributed by atoms with E-state index in [-0.39, 0.29) is 17.9 Å². The van der Waals surface area contributed by atoms with E-state index in [0.29, 0.717) is 24.6 Å². The van der Waals surface area contributed by atoms with Crippen LogP contribution in [0.1, 0.15) is 53.4 Å². The Labute approximate surface area is 185 Å². The van der Waals surface area contributed by atoms with Crippen LogP contribution in [0.4, 0.5) is 5.69 Å². The third-order valence-electron chi connectivity index (χ3n) is 5.03. The van der Waals surface area contributed by atoms with Crippen molar-refractivity contribution in [3.8, 4) is 11.5 Å². The average molecular weight is 425 g/mol. The largest absolute Gasteiger partial charge is 0.485 e. The zero-order chi connectivity index (χ0) is 22.8. The van der Waals surface area contributed by atoms with E-state index in [0.717, 1.165) is 36.6 Å². The van der Waals surface area contributed by atoms with Crippen molar-refractivity contribution in [1.29, 1.82) is 0 Å². The number of hydrogen-bond donors (Lipinski definition) is 1. The lowest BCUT2D eigenvalue weighted by molar-refractivity contribution is 0.304. The van der Waals surface area contributed by atoms with E-state index in [1.165, 1.54) is 11.1 Å². The monoisotopic (exact) mass is 424 g/mol. The summed E-state index contributed by atoms with van der Waals surface area (Å²) in [5.74, 6) is 0.687. The Morgan fingerprint density at radius 1 is 1.13 bits per heavy atom. The number of unbranched alkanes of at least 4 members (excludes halogenated alkanes) is 1. The van der Waals surface area contributed by atoms with E-state index in [4.69, 9.17) is 15.2 Å². The first-order valence-electron chi connectivity index (χ1n) is 11.0. The second-order valence-corrected chi connectivity index (χ2v) is 8.03. The van der Waals surface area contributed by atoms with Crippen molar-refractivity contribution < 1.29 is 9.47 Å². The summed E-state index contributed by atoms with van der Waals surface area (Å²) in [7, 11) is 0. The van der Waals surface area contributed by atoms with Gasteiger partial charge in [-0.15, -0.1) is 0 Å². The topological polar surface area (TPSA) is 66.5 Å². The second-order valence-electron chi connectivity index (χ2n) is 8.03. The molecule has 0 saturated heterocycles. The first kappa shape index (κ1) is 24.3. The van der Waals surface area contributed by atoms with Gasteiger partial charge in [-0.05, 0) is 64.3 Å². The second kappa shape index (κ2) is 12.0. The Morgan fingerprint density at radius 3 is 2.55 bits per heavy atom. The average Bonchev–Trinajstić information content (AvgIpc) is 2.72. The van der Waals surface area contributed by atoms with E-state index < -0.39 is 0 Å². The van der Waals surface area contributed by atoms with Crippen molar-refractivity contribution in [2.24, 2.45) is 0 Å². The number of allylic oxidation sites excluding steroid dienone is 3. The minimum atomic E-state index is -0.201. The summed E-state index contributed by atoms with van der Waals surface area (Å²) in [6, 6.07) is 5.55. The predicted molar refractivity (Wildman–Crippen MR) is 131 cm³/mol. The molecule has 1 aromatic carbocycles. The SMILES string of the molecule is C=CCOc1c(OC/C=C(\C)CCC=C(C)C)c2ccc(N)cc2n(CCCC)c1=O. The van der Waals surface area contributed by atoms with Gasteiger partial charge in [0.25, 0.3) is 5.56 Å². The van der Waals surface area contributed by atoms with Gasteiger partial charge < -0.3 is 19.8 Å². The number of nitrogens with zero attached hydrogens (tertiary/aromatic N) is 1. The minimum absolute atomic E-state index is 0.201. The summed E-state index contributed by atoms with van der Waals surface area (Å²) < 4.78 is 13.6. The maximum atomic E-state index is 13.3. The number of pyridine rings is 1. The van der Waals surface area contributed by atoms with Crippen molar-refractivity contribution in [1.82, 2.24) is 4.57 Å². The Hall–Kier alpha value is -2.95. The molecule has 0 atom stereocenters. The number of ether oxygens (including phenoxy) is 2. The molecule has 0 spiro atoms. The zero-order valence-corrected chi connectivity index (χ0v) is 19.4. The van der Waals surface area contributed by atoms with Gasteiger partial charge in [-0.2, -0.15) is 0 Å². The number of rotatable bonds is 12. The lowest BCUT2D eigenvalue weighted by Gasteiger charge is -2.18. The van der Waals surface area contributed by atoms with E-state index in [9.17, 15) is 4.79 Å². The van der Waals surface area contributed by atoms with Crippen molar-refractivity contribution in [3.63, 3.8) is 0 Å². The van der Waals surface area contributed by atoms with Crippen LogP contribution in [-0.2, 0) is 6.54 Å². The van der Waals surface area contributed by atoms with Crippen LogP contribution < -0.4 is 20.8 Å². The normalized spacial score (nSPS) is 11.4. The van der Waals surface area contributed by atoms with Crippen LogP contribution in [0.15, 0.2) is 58.9 Å². The van der Waals surface area contributed by atoms with Gasteiger partial charge in [0.15, 0.2) is 5.75 Å². The van der Waals surface area contributed by atoms with E-state index >= 15 is 0 Å². The lowest BCUT2D eigenvalue weighted by Crippen LogP contribution is -2.24. The molecule has 5 nitrogen and oxygen atoms in total. The number of fused-ring (bicyclic) bond motifs is 1. The summed E-state index contributed by atoms with van der Waals surface area (Å²) in [5, 5.41) is 0.819. The van der Waals surface area contributed by atoms with Gasteiger partial charge in [-0.1, -0.05) is 43.2 Å². The van der Waals surface area contributed by atoms with Crippen LogP contribution in [0, 0.1) is 0 Å². The van der Waals surface area contributed by atoms with Crippen molar-refractivity contribution >= 4 is 16.6 Å². The number of anilines is 1. The molecule has 1 aromatic heterocycles. The van der Waals surface area contributed by atoms with Crippen LogP contribution in [0.2, 0.25) is 0 Å². The molecule has 2 rings (SSSR count). The molecule has 1 heterocycles. The number of aryl methyl sites for hydroxylation is 1. The molecule has 0 fully saturated rings. The molecule has 0 aliphatic carbocycles. The molecule has 0 saturated carbocycles. The molecule has 2 aromatic rings. The van der Waals surface area contributed by atoms with Gasteiger partial charge in [-0.3, -0.25) is 4.79 Å². The summed E-state index contributed by atoms with van der Waals surface area (Å²) in [4.78, 5) is 13.3. The zero-order valence-electron chi connectivity index (χ0n) is 19.4. The first-order valence-corrected chi connectivity index (χ1v) is 11.0. The highest BCUT2D eigenvalue weighted by molar-refractivity contribution is 5.90. The molecule has 31 heavy (non-hydrogen) atoms. The Balaban J connectivity index is 2.44. The Kier molecular flexibility index (Phi) is 9.44. The Morgan fingerprint density at radius 2 is 1.87 bits per heavy atom. The van der Waals surface area contributed by atoms with Gasteiger partial charge >= 0.3 is 0 Å². The van der Waals surface area contributed by atoms with Gasteiger partial charge in [0.1, 0.15) is 13.2 Å². The molecule has 0 bridgehead atoms. The summed E-state index contributed by atoms with van der Waals surface area (Å²) >= 11 is 0. The van der Waals surface area contributed by atoms with Gasteiger partial charge in [0.2, 0.25) is 5.75 Å². The third-order valence-corrected chi connectivity index (χ3v) is 5.03. The quantitative estimate of drug-likeness (QED) is 0.334. The summed E-state index contributed by atoms with van der Waals surface area (Å²) in [5.41, 5.74) is 9.78. The van der Waals surface area contributed by atoms with E-state index in [1.54, 1.807) is 10.6 Å².